The van der Waals surface area contributed by atoms with E-state index in [1.54, 1.807) is 0 Å². The number of aryl methyl sites for hydroxylation is 2. The summed E-state index contributed by atoms with van der Waals surface area (Å²) in [7, 11) is 0. The van der Waals surface area contributed by atoms with Crippen LogP contribution in [0.4, 0.5) is 14.5 Å². The minimum Gasteiger partial charge on any atom is -0.395 e. The molecule has 2 heterocycles. The van der Waals surface area contributed by atoms with E-state index >= 15 is 0 Å². The number of rotatable bonds is 6. The Balaban J connectivity index is 0.00000149. The predicted molar refractivity (Wildman–Crippen MR) is 126 cm³/mol. The van der Waals surface area contributed by atoms with Gasteiger partial charge in [0.2, 0.25) is 0 Å². The van der Waals surface area contributed by atoms with Crippen LogP contribution in [0.25, 0.3) is 16.8 Å². The second-order valence-corrected chi connectivity index (χ2v) is 7.32. The third-order valence-electron chi connectivity index (χ3n) is 4.83. The molecule has 0 atom stereocenters. The molecule has 0 amide bonds. The minimum atomic E-state index is -3.69. The molecule has 0 bridgehead atoms. The Labute approximate surface area is 196 Å². The number of hydrogen-bond donors (Lipinski definition) is 2. The number of alkyl halides is 2. The molecular formula is C24H26ClF2N3O3. The zero-order valence-electron chi connectivity index (χ0n) is 18.8. The van der Waals surface area contributed by atoms with Gasteiger partial charge in [-0.3, -0.25) is 0 Å². The van der Waals surface area contributed by atoms with Gasteiger partial charge in [-0.1, -0.05) is 49.7 Å². The van der Waals surface area contributed by atoms with Crippen molar-refractivity contribution in [2.45, 2.75) is 40.4 Å². The first-order valence-corrected chi connectivity index (χ1v) is 11.0. The number of hydrogen-bond acceptors (Lipinski definition) is 6. The molecule has 0 unspecified atom stereocenters. The van der Waals surface area contributed by atoms with Crippen LogP contribution in [0.5, 0.6) is 11.5 Å². The number of anilines is 1. The van der Waals surface area contributed by atoms with Gasteiger partial charge < -0.3 is 25.0 Å². The van der Waals surface area contributed by atoms with Crippen LogP contribution in [-0.2, 0) is 6.42 Å². The van der Waals surface area contributed by atoms with Crippen LogP contribution >= 0.6 is 11.6 Å². The molecule has 0 radical (unpaired) electrons. The molecule has 0 fully saturated rings. The highest BCUT2D eigenvalue weighted by Gasteiger charge is 2.43. The van der Waals surface area contributed by atoms with Gasteiger partial charge in [-0.25, -0.2) is 0 Å². The highest BCUT2D eigenvalue weighted by atomic mass is 35.5. The molecule has 0 saturated carbocycles. The molecule has 2 aromatic carbocycles. The van der Waals surface area contributed by atoms with Crippen molar-refractivity contribution in [2.75, 3.05) is 11.9 Å². The van der Waals surface area contributed by atoms with Gasteiger partial charge in [0, 0.05) is 29.6 Å². The van der Waals surface area contributed by atoms with Crippen LogP contribution in [-0.4, -0.2) is 18.0 Å². The lowest BCUT2D eigenvalue weighted by atomic mass is 10.0. The average Bonchev–Trinajstić information content (AvgIpc) is 3.31. The lowest BCUT2D eigenvalue weighted by Crippen LogP contribution is -2.25. The fourth-order valence-electron chi connectivity index (χ4n) is 3.42. The van der Waals surface area contributed by atoms with Crippen molar-refractivity contribution in [3.8, 4) is 22.6 Å². The fourth-order valence-corrected chi connectivity index (χ4v) is 3.68. The van der Waals surface area contributed by atoms with Crippen LogP contribution in [0, 0.1) is 6.92 Å². The number of nitrogens with two attached hydrogens (primary N) is 1. The highest BCUT2D eigenvalue weighted by Crippen LogP contribution is 2.46. The summed E-state index contributed by atoms with van der Waals surface area (Å²) in [5, 5.41) is 7.72. The molecule has 176 valence electrons. The molecule has 6 nitrogen and oxygen atoms in total. The maximum absolute atomic E-state index is 13.3. The number of benzene rings is 2. The minimum absolute atomic E-state index is 0.0604. The van der Waals surface area contributed by atoms with E-state index in [-0.39, 0.29) is 16.5 Å². The van der Waals surface area contributed by atoms with E-state index in [1.165, 1.54) is 12.1 Å². The smallest absolute Gasteiger partial charge is 0.395 e. The topological polar surface area (TPSA) is 82.5 Å². The normalized spacial score (nSPS) is 14.0. The van der Waals surface area contributed by atoms with Crippen LogP contribution in [0.1, 0.15) is 37.8 Å². The number of ether oxygens (including phenoxy) is 2. The van der Waals surface area contributed by atoms with Crippen molar-refractivity contribution in [3.05, 3.63) is 64.5 Å². The molecule has 1 aliphatic rings. The zero-order chi connectivity index (χ0) is 24.2. The molecule has 0 spiro atoms. The fraction of sp³-hybridized carbons (Fsp3) is 0.292. The van der Waals surface area contributed by atoms with Crippen LogP contribution < -0.4 is 20.5 Å². The van der Waals surface area contributed by atoms with Crippen LogP contribution in [0.3, 0.4) is 0 Å². The third kappa shape index (κ3) is 5.29. The molecule has 1 aromatic heterocycles. The summed E-state index contributed by atoms with van der Waals surface area (Å²) in [5.74, 6) is 0.545. The number of aromatic nitrogens is 1. The Bertz CT molecular complexity index is 1140. The van der Waals surface area contributed by atoms with E-state index in [0.717, 1.165) is 34.6 Å². The second kappa shape index (κ2) is 10.2. The van der Waals surface area contributed by atoms with Crippen molar-refractivity contribution in [1.82, 2.24) is 5.16 Å². The monoisotopic (exact) mass is 477 g/mol. The molecule has 1 aliphatic heterocycles. The van der Waals surface area contributed by atoms with Gasteiger partial charge in [0.15, 0.2) is 11.5 Å². The summed E-state index contributed by atoms with van der Waals surface area (Å²) in [4.78, 5) is 0. The van der Waals surface area contributed by atoms with Gasteiger partial charge in [0.25, 0.3) is 0 Å². The summed E-state index contributed by atoms with van der Waals surface area (Å²) < 4.78 is 40.9. The maximum atomic E-state index is 13.3. The van der Waals surface area contributed by atoms with E-state index in [2.05, 4.69) is 19.9 Å². The van der Waals surface area contributed by atoms with E-state index in [1.807, 2.05) is 58.0 Å². The Morgan fingerprint density at radius 2 is 1.79 bits per heavy atom. The van der Waals surface area contributed by atoms with Gasteiger partial charge in [-0.05, 0) is 43.2 Å². The lowest BCUT2D eigenvalue weighted by Gasteiger charge is -2.13. The van der Waals surface area contributed by atoms with Crippen molar-refractivity contribution in [3.63, 3.8) is 0 Å². The van der Waals surface area contributed by atoms with E-state index in [0.29, 0.717) is 17.9 Å². The summed E-state index contributed by atoms with van der Waals surface area (Å²) in [6.07, 6.45) is -1.11. The Morgan fingerprint density at radius 3 is 2.39 bits per heavy atom. The first kappa shape index (κ1) is 24.5. The number of fused-ring (bicyclic) bond motifs is 1. The first-order valence-electron chi connectivity index (χ1n) is 10.6. The highest BCUT2D eigenvalue weighted by molar-refractivity contribution is 6.33. The van der Waals surface area contributed by atoms with Crippen molar-refractivity contribution in [1.29, 1.82) is 0 Å². The quantitative estimate of drug-likeness (QED) is 0.415. The largest absolute Gasteiger partial charge is 0.586 e. The van der Waals surface area contributed by atoms with E-state index in [9.17, 15) is 8.78 Å². The number of nitrogens with one attached hydrogen (secondary N) is 1. The molecular weight excluding hydrogens is 452 g/mol. The molecule has 0 saturated heterocycles. The van der Waals surface area contributed by atoms with Gasteiger partial charge >= 0.3 is 6.29 Å². The molecule has 33 heavy (non-hydrogen) atoms. The Hall–Kier alpha value is -3.10. The van der Waals surface area contributed by atoms with Crippen molar-refractivity contribution in [2.24, 2.45) is 5.73 Å². The molecule has 0 aliphatic carbocycles. The Morgan fingerprint density at radius 1 is 1.15 bits per heavy atom. The van der Waals surface area contributed by atoms with Crippen LogP contribution in [0.15, 0.2) is 47.0 Å². The van der Waals surface area contributed by atoms with Crippen LogP contribution in [0.2, 0.25) is 5.02 Å². The summed E-state index contributed by atoms with van der Waals surface area (Å²) in [6.45, 7) is 8.19. The van der Waals surface area contributed by atoms with Crippen molar-refractivity contribution < 1.29 is 22.8 Å². The summed E-state index contributed by atoms with van der Waals surface area (Å²) >= 11 is 6.28. The summed E-state index contributed by atoms with van der Waals surface area (Å²) in [5.41, 5.74) is 10.4. The predicted octanol–water partition coefficient (Wildman–Crippen LogP) is 6.63. The third-order valence-corrected chi connectivity index (χ3v) is 5.14. The lowest BCUT2D eigenvalue weighted by molar-refractivity contribution is -0.286. The maximum Gasteiger partial charge on any atom is 0.586 e. The van der Waals surface area contributed by atoms with E-state index < -0.39 is 6.29 Å². The molecule has 4 rings (SSSR count). The second-order valence-electron chi connectivity index (χ2n) is 6.92. The van der Waals surface area contributed by atoms with Gasteiger partial charge in [0.05, 0.1) is 16.3 Å². The molecule has 3 aromatic rings. The number of nitrogens with zero attached hydrogens (tertiary/aromatic N) is 1. The standard InChI is InChI=1S/C22H20ClF2N3O3.C2H6/c1-3-17-21(12(2)31-28-17)18(8-9-26)27-14-6-4-13(5-7-14)15-10-19-20(11-16(15)23)30-22(24,25)29-19;1-2/h4-8,10-11,27H,3,9,26H2,1-2H3;1-2H3. The van der Waals surface area contributed by atoms with Gasteiger partial charge in [-0.15, -0.1) is 8.78 Å². The van der Waals surface area contributed by atoms with E-state index in [4.69, 9.17) is 21.9 Å². The summed E-state index contributed by atoms with van der Waals surface area (Å²) in [6, 6.07) is 10.1. The van der Waals surface area contributed by atoms with Gasteiger partial charge in [0.1, 0.15) is 5.76 Å². The zero-order valence-corrected chi connectivity index (χ0v) is 19.6. The van der Waals surface area contributed by atoms with Gasteiger partial charge in [-0.2, -0.15) is 0 Å². The Kier molecular flexibility index (Phi) is 7.61. The average molecular weight is 478 g/mol. The van der Waals surface area contributed by atoms with Crippen molar-refractivity contribution >= 4 is 23.0 Å². The number of halogens is 3. The molecule has 9 heteroatoms. The first-order chi connectivity index (χ1) is 15.8. The molecule has 3 N–H and O–H groups in total. The SMILES string of the molecule is CC.CCc1noc(C)c1C(=CCN)Nc1ccc(-c2cc3c(cc2Cl)OC(F)(F)O3)cc1.